The average molecular weight is 610 g/mol. The predicted molar refractivity (Wildman–Crippen MR) is 202 cm³/mol. The lowest BCUT2D eigenvalue weighted by Gasteiger charge is -2.31. The summed E-state index contributed by atoms with van der Waals surface area (Å²) in [6, 6.07) is 65.7. The second-order valence-electron chi connectivity index (χ2n) is 12.2. The third kappa shape index (κ3) is 5.51. The van der Waals surface area contributed by atoms with Crippen LogP contribution in [-0.2, 0) is 0 Å². The van der Waals surface area contributed by atoms with Crippen LogP contribution in [0, 0.1) is 20.8 Å². The number of hydrogen-bond donors (Lipinski definition) is 0. The van der Waals surface area contributed by atoms with Crippen LogP contribution in [-0.4, -0.2) is 0 Å². The molecule has 0 fully saturated rings. The van der Waals surface area contributed by atoms with Gasteiger partial charge >= 0.3 is 0 Å². The monoisotopic (exact) mass is 609 g/mol. The van der Waals surface area contributed by atoms with E-state index in [4.69, 9.17) is 0 Å². The average Bonchev–Trinajstić information content (AvgIpc) is 3.10. The molecule has 0 heterocycles. The lowest BCUT2D eigenvalue weighted by atomic mass is 9.89. The summed E-state index contributed by atoms with van der Waals surface area (Å²) in [5, 5.41) is 5.41. The lowest BCUT2D eigenvalue weighted by molar-refractivity contribution is 1.45. The van der Waals surface area contributed by atoms with E-state index in [0.717, 1.165) is 0 Å². The normalized spacial score (nSPS) is 11.4. The molecule has 0 atom stereocenters. The van der Waals surface area contributed by atoms with Crippen molar-refractivity contribution in [2.75, 3.05) is 0 Å². The minimum absolute atomic E-state index is 1.23. The highest BCUT2D eigenvalue weighted by Crippen LogP contribution is 2.57. The minimum Gasteiger partial charge on any atom is -0.0620 e. The number of hydrogen-bond acceptors (Lipinski definition) is 0. The SMILES string of the molecule is Cc1cccc(-c2cc(-c3cccc(C)c3)c(-c3cccc(C)c3)c([P+](c3ccccc3)(c3ccccc3)c3ccccc3)c2)c1. The maximum atomic E-state index is 2.52. The van der Waals surface area contributed by atoms with E-state index < -0.39 is 7.26 Å². The van der Waals surface area contributed by atoms with Crippen LogP contribution in [0.15, 0.2) is 176 Å². The summed E-state index contributed by atoms with van der Waals surface area (Å²) in [5.41, 5.74) is 11.3. The fraction of sp³-hybridized carbons (Fsp3) is 0.0667. The molecule has 0 spiro atoms. The van der Waals surface area contributed by atoms with Crippen LogP contribution in [0.3, 0.4) is 0 Å². The van der Waals surface area contributed by atoms with Gasteiger partial charge in [0.05, 0.1) is 0 Å². The second-order valence-corrected chi connectivity index (χ2v) is 15.6. The predicted octanol–water partition coefficient (Wildman–Crippen LogP) is 10.2. The summed E-state index contributed by atoms with van der Waals surface area (Å²) in [5.74, 6) is 0. The van der Waals surface area contributed by atoms with Crippen LogP contribution in [0.25, 0.3) is 33.4 Å². The molecule has 0 amide bonds. The number of aryl methyl sites for hydroxylation is 3. The zero-order valence-electron chi connectivity index (χ0n) is 26.7. The molecule has 7 rings (SSSR count). The van der Waals surface area contributed by atoms with Crippen molar-refractivity contribution in [3.05, 3.63) is 193 Å². The third-order valence-corrected chi connectivity index (χ3v) is 13.2. The van der Waals surface area contributed by atoms with E-state index in [0.29, 0.717) is 0 Å². The van der Waals surface area contributed by atoms with Crippen molar-refractivity contribution < 1.29 is 0 Å². The standard InChI is InChI=1S/C45H38P/c1-33-16-13-19-36(28-33)39-31-43(37-20-14-17-34(2)29-37)45(38-21-15-18-35(3)30-38)44(32-39)46(40-22-7-4-8-23-40,41-24-9-5-10-25-41)42-26-11-6-12-27-42/h4-32H,1-3H3/q+1. The number of rotatable bonds is 7. The highest BCUT2D eigenvalue weighted by atomic mass is 31.2. The molecule has 0 N–H and O–H groups in total. The quantitative estimate of drug-likeness (QED) is 0.158. The van der Waals surface area contributed by atoms with Crippen molar-refractivity contribution in [2.45, 2.75) is 20.8 Å². The van der Waals surface area contributed by atoms with E-state index in [2.05, 4.69) is 197 Å². The number of benzene rings is 7. The van der Waals surface area contributed by atoms with E-state index in [9.17, 15) is 0 Å². The van der Waals surface area contributed by atoms with Crippen LogP contribution in [0.5, 0.6) is 0 Å². The van der Waals surface area contributed by atoms with E-state index in [1.54, 1.807) is 0 Å². The van der Waals surface area contributed by atoms with E-state index >= 15 is 0 Å². The van der Waals surface area contributed by atoms with Gasteiger partial charge in [-0.15, -0.1) is 0 Å². The molecule has 0 radical (unpaired) electrons. The van der Waals surface area contributed by atoms with Gasteiger partial charge in [0, 0.05) is 5.56 Å². The fourth-order valence-electron chi connectivity index (χ4n) is 6.85. The summed E-state index contributed by atoms with van der Waals surface area (Å²) in [7, 11) is -2.44. The maximum Gasteiger partial charge on any atom is 0.145 e. The van der Waals surface area contributed by atoms with Crippen LogP contribution >= 0.6 is 7.26 Å². The zero-order valence-corrected chi connectivity index (χ0v) is 27.6. The van der Waals surface area contributed by atoms with E-state index in [1.807, 2.05) is 0 Å². The molecular formula is C45H38P+. The molecule has 0 saturated carbocycles. The molecule has 0 bridgehead atoms. The van der Waals surface area contributed by atoms with Crippen molar-refractivity contribution in [3.8, 4) is 33.4 Å². The molecule has 0 aliphatic heterocycles. The van der Waals surface area contributed by atoms with Crippen molar-refractivity contribution >= 4 is 28.5 Å². The molecule has 1 heteroatoms. The first-order valence-corrected chi connectivity index (χ1v) is 17.8. The molecule has 0 saturated heterocycles. The van der Waals surface area contributed by atoms with Crippen LogP contribution in [0.1, 0.15) is 16.7 Å². The molecule has 7 aromatic carbocycles. The van der Waals surface area contributed by atoms with Gasteiger partial charge in [0.25, 0.3) is 0 Å². The van der Waals surface area contributed by atoms with E-state index in [-0.39, 0.29) is 0 Å². The molecule has 0 aliphatic rings. The van der Waals surface area contributed by atoms with Gasteiger partial charge in [-0.3, -0.25) is 0 Å². The highest BCUT2D eigenvalue weighted by Gasteiger charge is 2.50. The van der Waals surface area contributed by atoms with Crippen LogP contribution in [0.4, 0.5) is 0 Å². The summed E-state index contributed by atoms with van der Waals surface area (Å²) in [6.07, 6.45) is 0. The van der Waals surface area contributed by atoms with Crippen LogP contribution in [0.2, 0.25) is 0 Å². The Labute approximate surface area is 274 Å². The summed E-state index contributed by atoms with van der Waals surface area (Å²) >= 11 is 0. The summed E-state index contributed by atoms with van der Waals surface area (Å²) < 4.78 is 0. The van der Waals surface area contributed by atoms with Gasteiger partial charge in [0.15, 0.2) is 0 Å². The Balaban J connectivity index is 1.74. The van der Waals surface area contributed by atoms with Gasteiger partial charge in [-0.25, -0.2) is 0 Å². The second kappa shape index (κ2) is 12.8. The molecule has 222 valence electrons. The molecule has 46 heavy (non-hydrogen) atoms. The lowest BCUT2D eigenvalue weighted by Crippen LogP contribution is -2.39. The first-order chi connectivity index (χ1) is 22.5. The Hall–Kier alpha value is -5.03. The van der Waals surface area contributed by atoms with Crippen molar-refractivity contribution in [1.29, 1.82) is 0 Å². The van der Waals surface area contributed by atoms with Crippen molar-refractivity contribution in [1.82, 2.24) is 0 Å². The van der Waals surface area contributed by atoms with Crippen molar-refractivity contribution in [3.63, 3.8) is 0 Å². The first kappa shape index (κ1) is 29.7. The highest BCUT2D eigenvalue weighted by molar-refractivity contribution is 8.01. The molecular weight excluding hydrogens is 571 g/mol. The fourth-order valence-corrected chi connectivity index (χ4v) is 11.4. The van der Waals surface area contributed by atoms with E-state index in [1.165, 1.54) is 71.3 Å². The van der Waals surface area contributed by atoms with Gasteiger partial charge in [-0.1, -0.05) is 144 Å². The Kier molecular flexibility index (Phi) is 8.23. The van der Waals surface area contributed by atoms with Crippen LogP contribution < -0.4 is 21.2 Å². The van der Waals surface area contributed by atoms with Gasteiger partial charge < -0.3 is 0 Å². The third-order valence-electron chi connectivity index (χ3n) is 8.90. The summed E-state index contributed by atoms with van der Waals surface area (Å²) in [4.78, 5) is 0. The first-order valence-electron chi connectivity index (χ1n) is 16.0. The minimum atomic E-state index is -2.44. The molecule has 0 nitrogen and oxygen atoms in total. The molecule has 0 aliphatic carbocycles. The molecule has 0 unspecified atom stereocenters. The zero-order chi connectivity index (χ0) is 31.5. The largest absolute Gasteiger partial charge is 0.145 e. The maximum absolute atomic E-state index is 2.52. The van der Waals surface area contributed by atoms with Gasteiger partial charge in [0.2, 0.25) is 0 Å². The Bertz CT molecular complexity index is 2010. The molecule has 7 aromatic rings. The summed E-state index contributed by atoms with van der Waals surface area (Å²) in [6.45, 7) is 6.57. The van der Waals surface area contributed by atoms with Crippen molar-refractivity contribution in [2.24, 2.45) is 0 Å². The Morgan fingerprint density at radius 1 is 0.326 bits per heavy atom. The Morgan fingerprint density at radius 3 is 1.22 bits per heavy atom. The smallest absolute Gasteiger partial charge is 0.0620 e. The Morgan fingerprint density at radius 2 is 0.739 bits per heavy atom. The van der Waals surface area contributed by atoms with Gasteiger partial charge in [0.1, 0.15) is 28.5 Å². The topological polar surface area (TPSA) is 0 Å². The van der Waals surface area contributed by atoms with Gasteiger partial charge in [-0.05, 0) is 97.1 Å². The molecule has 0 aromatic heterocycles. The van der Waals surface area contributed by atoms with Gasteiger partial charge in [-0.2, -0.15) is 0 Å².